The highest BCUT2D eigenvalue weighted by atomic mass is 32.2. The van der Waals surface area contributed by atoms with E-state index < -0.39 is 21.6 Å². The van der Waals surface area contributed by atoms with Crippen LogP contribution < -0.4 is 0 Å². The van der Waals surface area contributed by atoms with E-state index >= 15 is 0 Å². The van der Waals surface area contributed by atoms with Gasteiger partial charge in [0, 0.05) is 26.2 Å². The lowest BCUT2D eigenvalue weighted by Gasteiger charge is -2.41. The number of carbonyl (C=O) groups is 1. The van der Waals surface area contributed by atoms with E-state index in [1.807, 2.05) is 6.92 Å². The fraction of sp³-hybridized carbons (Fsp3) is 0.929. The van der Waals surface area contributed by atoms with E-state index in [9.17, 15) is 18.3 Å². The normalized spacial score (nSPS) is 29.4. The summed E-state index contributed by atoms with van der Waals surface area (Å²) < 4.78 is 28.4. The third kappa shape index (κ3) is 3.40. The minimum absolute atomic E-state index is 0.120. The lowest BCUT2D eigenvalue weighted by Crippen LogP contribution is -2.54. The molecule has 0 aliphatic carbocycles. The van der Waals surface area contributed by atoms with Crippen LogP contribution in [-0.4, -0.2) is 54.3 Å². The average molecular weight is 318 g/mol. The topological polar surface area (TPSA) is 77.9 Å². The van der Waals surface area contributed by atoms with Crippen LogP contribution in [0.5, 0.6) is 0 Å². The van der Waals surface area contributed by atoms with Gasteiger partial charge in [0.05, 0.1) is 5.41 Å². The largest absolute Gasteiger partial charge is 0.481 e. The zero-order valence-electron chi connectivity index (χ0n) is 12.8. The van der Waals surface area contributed by atoms with Gasteiger partial charge < -0.3 is 5.11 Å². The molecule has 2 rings (SSSR count). The fourth-order valence-electron chi connectivity index (χ4n) is 3.51. The molecule has 2 fully saturated rings. The van der Waals surface area contributed by atoms with Crippen molar-refractivity contribution in [1.29, 1.82) is 0 Å². The Labute approximate surface area is 127 Å². The number of carboxylic acids is 1. The maximum Gasteiger partial charge on any atom is 0.310 e. The second kappa shape index (κ2) is 6.62. The molecule has 0 spiro atoms. The number of hydrogen-bond acceptors (Lipinski definition) is 3. The first-order valence-corrected chi connectivity index (χ1v) is 9.31. The highest BCUT2D eigenvalue weighted by Gasteiger charge is 2.45. The van der Waals surface area contributed by atoms with Crippen LogP contribution in [0.4, 0.5) is 0 Å². The van der Waals surface area contributed by atoms with Crippen molar-refractivity contribution in [2.45, 2.75) is 51.9 Å². The molecule has 2 aliphatic rings. The molecule has 0 aromatic carbocycles. The highest BCUT2D eigenvalue weighted by Crippen LogP contribution is 2.36. The van der Waals surface area contributed by atoms with Gasteiger partial charge in [-0.1, -0.05) is 19.8 Å². The van der Waals surface area contributed by atoms with E-state index in [1.165, 1.54) is 8.61 Å². The maximum atomic E-state index is 12.7. The van der Waals surface area contributed by atoms with E-state index in [0.717, 1.165) is 25.7 Å². The van der Waals surface area contributed by atoms with Gasteiger partial charge in [-0.2, -0.15) is 17.0 Å². The molecule has 7 heteroatoms. The van der Waals surface area contributed by atoms with Crippen LogP contribution in [0.2, 0.25) is 0 Å². The molecule has 1 N–H and O–H groups in total. The van der Waals surface area contributed by atoms with Crippen molar-refractivity contribution in [2.75, 3.05) is 26.2 Å². The molecule has 122 valence electrons. The zero-order valence-corrected chi connectivity index (χ0v) is 13.6. The van der Waals surface area contributed by atoms with Crippen molar-refractivity contribution in [2.24, 2.45) is 5.41 Å². The van der Waals surface area contributed by atoms with Crippen LogP contribution >= 0.6 is 0 Å². The summed E-state index contributed by atoms with van der Waals surface area (Å²) in [7, 11) is -3.50. The second-order valence-electron chi connectivity index (χ2n) is 6.24. The molecule has 1 unspecified atom stereocenters. The van der Waals surface area contributed by atoms with Crippen LogP contribution in [0.15, 0.2) is 0 Å². The molecule has 0 saturated carbocycles. The summed E-state index contributed by atoms with van der Waals surface area (Å²) in [5.74, 6) is -0.858. The fourth-order valence-corrected chi connectivity index (χ4v) is 5.33. The Morgan fingerprint density at radius 3 is 2.29 bits per heavy atom. The van der Waals surface area contributed by atoms with Gasteiger partial charge in [0.1, 0.15) is 0 Å². The molecular formula is C14H26N2O4S. The van der Waals surface area contributed by atoms with Gasteiger partial charge in [-0.15, -0.1) is 0 Å². The summed E-state index contributed by atoms with van der Waals surface area (Å²) in [6.07, 6.45) is 5.35. The van der Waals surface area contributed by atoms with Gasteiger partial charge in [-0.3, -0.25) is 4.79 Å². The number of piperidine rings is 2. The number of carboxylic acid groups (broad SMARTS) is 1. The third-order valence-electron chi connectivity index (χ3n) is 4.69. The van der Waals surface area contributed by atoms with Gasteiger partial charge >= 0.3 is 5.97 Å². The van der Waals surface area contributed by atoms with Gasteiger partial charge in [0.2, 0.25) is 0 Å². The van der Waals surface area contributed by atoms with Crippen LogP contribution in [0.25, 0.3) is 0 Å². The van der Waals surface area contributed by atoms with Crippen molar-refractivity contribution in [3.05, 3.63) is 0 Å². The van der Waals surface area contributed by atoms with E-state index in [-0.39, 0.29) is 6.54 Å². The van der Waals surface area contributed by atoms with Crippen molar-refractivity contribution >= 4 is 16.2 Å². The van der Waals surface area contributed by atoms with E-state index in [0.29, 0.717) is 38.9 Å². The predicted octanol–water partition coefficient (Wildman–Crippen LogP) is 1.68. The van der Waals surface area contributed by atoms with Crippen molar-refractivity contribution in [3.8, 4) is 0 Å². The van der Waals surface area contributed by atoms with Crippen molar-refractivity contribution in [3.63, 3.8) is 0 Å². The van der Waals surface area contributed by atoms with Gasteiger partial charge in [-0.25, -0.2) is 0 Å². The Balaban J connectivity index is 2.17. The molecular weight excluding hydrogens is 292 g/mol. The lowest BCUT2D eigenvalue weighted by molar-refractivity contribution is -0.152. The predicted molar refractivity (Wildman–Crippen MR) is 80.1 cm³/mol. The Morgan fingerprint density at radius 2 is 1.71 bits per heavy atom. The standard InChI is InChI=1S/C14H26N2O4S/c1-2-7-14(13(17)18)8-6-11-16(12-14)21(19,20)15-9-4-3-5-10-15/h2-12H2,1H3,(H,17,18). The van der Waals surface area contributed by atoms with Gasteiger partial charge in [0.15, 0.2) is 0 Å². The summed E-state index contributed by atoms with van der Waals surface area (Å²) in [5.41, 5.74) is -0.907. The molecule has 2 heterocycles. The van der Waals surface area contributed by atoms with Crippen LogP contribution in [0.1, 0.15) is 51.9 Å². The monoisotopic (exact) mass is 318 g/mol. The first-order chi connectivity index (χ1) is 9.92. The van der Waals surface area contributed by atoms with Crippen LogP contribution in [0.3, 0.4) is 0 Å². The molecule has 0 radical (unpaired) electrons. The molecule has 1 atom stereocenters. The molecule has 0 bridgehead atoms. The first-order valence-electron chi connectivity index (χ1n) is 7.91. The molecule has 21 heavy (non-hydrogen) atoms. The molecule has 6 nitrogen and oxygen atoms in total. The number of aliphatic carboxylic acids is 1. The molecule has 0 amide bonds. The minimum atomic E-state index is -3.50. The number of nitrogens with zero attached hydrogens (tertiary/aromatic N) is 2. The first kappa shape index (κ1) is 16.7. The van der Waals surface area contributed by atoms with Gasteiger partial charge in [-0.05, 0) is 32.1 Å². The minimum Gasteiger partial charge on any atom is -0.481 e. The summed E-state index contributed by atoms with van der Waals surface area (Å²) in [4.78, 5) is 11.7. The van der Waals surface area contributed by atoms with Crippen LogP contribution in [0, 0.1) is 5.41 Å². The Bertz CT molecular complexity index is 469. The smallest absolute Gasteiger partial charge is 0.310 e. The van der Waals surface area contributed by atoms with Crippen molar-refractivity contribution < 1.29 is 18.3 Å². The Morgan fingerprint density at radius 1 is 1.10 bits per heavy atom. The maximum absolute atomic E-state index is 12.7. The zero-order chi connectivity index (χ0) is 15.5. The highest BCUT2D eigenvalue weighted by molar-refractivity contribution is 7.86. The Kier molecular flexibility index (Phi) is 5.27. The SMILES string of the molecule is CCCC1(C(=O)O)CCCN(S(=O)(=O)N2CCCCC2)C1. The van der Waals surface area contributed by atoms with Gasteiger partial charge in [0.25, 0.3) is 10.2 Å². The summed E-state index contributed by atoms with van der Waals surface area (Å²) in [5, 5.41) is 9.58. The third-order valence-corrected chi connectivity index (χ3v) is 6.67. The Hall–Kier alpha value is -0.660. The van der Waals surface area contributed by atoms with E-state index in [2.05, 4.69) is 0 Å². The number of hydrogen-bond donors (Lipinski definition) is 1. The number of rotatable bonds is 5. The second-order valence-corrected chi connectivity index (χ2v) is 8.17. The quantitative estimate of drug-likeness (QED) is 0.836. The lowest BCUT2D eigenvalue weighted by atomic mass is 9.77. The van der Waals surface area contributed by atoms with E-state index in [1.54, 1.807) is 0 Å². The summed E-state index contributed by atoms with van der Waals surface area (Å²) in [6.45, 7) is 3.63. The van der Waals surface area contributed by atoms with E-state index in [4.69, 9.17) is 0 Å². The molecule has 2 aliphatic heterocycles. The summed E-state index contributed by atoms with van der Waals surface area (Å²) in [6, 6.07) is 0. The molecule has 0 aromatic heterocycles. The van der Waals surface area contributed by atoms with Crippen molar-refractivity contribution in [1.82, 2.24) is 8.61 Å². The molecule has 2 saturated heterocycles. The average Bonchev–Trinajstić information content (AvgIpc) is 2.48. The molecule has 0 aromatic rings. The van der Waals surface area contributed by atoms with Crippen LogP contribution in [-0.2, 0) is 15.0 Å². The summed E-state index contributed by atoms with van der Waals surface area (Å²) >= 11 is 0.